The molecule has 19 heavy (non-hydrogen) atoms. The zero-order valence-electron chi connectivity index (χ0n) is 11.0. The number of amides is 1. The predicted octanol–water partition coefficient (Wildman–Crippen LogP) is 1.91. The smallest absolute Gasteiger partial charge is 0.251 e. The number of nitrogens with zero attached hydrogens (tertiary/aromatic N) is 1. The van der Waals surface area contributed by atoms with Gasteiger partial charge in [0.1, 0.15) is 6.10 Å². The van der Waals surface area contributed by atoms with Crippen LogP contribution >= 0.6 is 15.9 Å². The summed E-state index contributed by atoms with van der Waals surface area (Å²) in [5.41, 5.74) is 6.66. The summed E-state index contributed by atoms with van der Waals surface area (Å²) in [5.74, 6) is 0.0406. The number of ether oxygens (including phenoxy) is 1. The average Bonchev–Trinajstić information content (AvgIpc) is 2.89. The van der Waals surface area contributed by atoms with Crippen molar-refractivity contribution in [2.75, 3.05) is 13.6 Å². The van der Waals surface area contributed by atoms with Crippen LogP contribution < -0.4 is 5.73 Å². The van der Waals surface area contributed by atoms with Gasteiger partial charge < -0.3 is 15.4 Å². The van der Waals surface area contributed by atoms with Crippen LogP contribution in [0.25, 0.3) is 0 Å². The molecule has 0 unspecified atom stereocenters. The fraction of sp³-hybridized carbons (Fsp3) is 0.500. The van der Waals surface area contributed by atoms with Crippen molar-refractivity contribution in [3.8, 4) is 0 Å². The van der Waals surface area contributed by atoms with E-state index in [0.717, 1.165) is 22.9 Å². The highest BCUT2D eigenvalue weighted by Gasteiger charge is 2.31. The summed E-state index contributed by atoms with van der Waals surface area (Å²) in [6.07, 6.45) is 1.36. The topological polar surface area (TPSA) is 55.6 Å². The molecule has 0 saturated carbocycles. The molecule has 0 radical (unpaired) electrons. The number of likely N-dealkylation sites (N-methyl/N-ethyl adjacent to an activating group) is 1. The lowest BCUT2D eigenvalue weighted by molar-refractivity contribution is -0.141. The van der Waals surface area contributed by atoms with Gasteiger partial charge in [0.15, 0.2) is 0 Å². The van der Waals surface area contributed by atoms with Crippen LogP contribution in [-0.4, -0.2) is 36.6 Å². The summed E-state index contributed by atoms with van der Waals surface area (Å²) in [4.78, 5) is 13.9. The highest BCUT2D eigenvalue weighted by Crippen LogP contribution is 2.21. The number of rotatable bonds is 4. The Hall–Kier alpha value is -0.910. The predicted molar refractivity (Wildman–Crippen MR) is 77.6 cm³/mol. The second-order valence-corrected chi connectivity index (χ2v) is 5.80. The van der Waals surface area contributed by atoms with Crippen molar-refractivity contribution >= 4 is 21.8 Å². The second kappa shape index (κ2) is 6.50. The van der Waals surface area contributed by atoms with E-state index in [9.17, 15) is 4.79 Å². The summed E-state index contributed by atoms with van der Waals surface area (Å²) in [6.45, 7) is 1.08. The molecule has 104 valence electrons. The third-order valence-electron chi connectivity index (χ3n) is 3.36. The summed E-state index contributed by atoms with van der Waals surface area (Å²) in [7, 11) is 1.81. The lowest BCUT2D eigenvalue weighted by Gasteiger charge is -2.21. The highest BCUT2D eigenvalue weighted by molar-refractivity contribution is 9.10. The Kier molecular flexibility index (Phi) is 4.96. The molecule has 1 amide bonds. The Bertz CT molecular complexity index is 436. The normalized spacial score (nSPS) is 22.5. The lowest BCUT2D eigenvalue weighted by atomic mass is 10.1. The van der Waals surface area contributed by atoms with E-state index in [4.69, 9.17) is 10.5 Å². The molecule has 1 heterocycles. The lowest BCUT2D eigenvalue weighted by Crippen LogP contribution is -2.36. The standard InChI is InChI=1S/C14H19BrN2O2/c1-17(9-10-2-4-11(15)5-3-10)14(18)13-7-6-12(8-16)19-13/h2-5,12-13H,6-9,16H2,1H3/t12-,13+/m1/s1. The Morgan fingerprint density at radius 3 is 2.68 bits per heavy atom. The van der Waals surface area contributed by atoms with Gasteiger partial charge in [0.2, 0.25) is 0 Å². The Labute approximate surface area is 122 Å². The van der Waals surface area contributed by atoms with Crippen molar-refractivity contribution in [1.82, 2.24) is 4.90 Å². The van der Waals surface area contributed by atoms with Crippen molar-refractivity contribution in [1.29, 1.82) is 0 Å². The van der Waals surface area contributed by atoms with Gasteiger partial charge in [0.25, 0.3) is 5.91 Å². The van der Waals surface area contributed by atoms with Crippen molar-refractivity contribution in [2.24, 2.45) is 5.73 Å². The quantitative estimate of drug-likeness (QED) is 0.919. The van der Waals surface area contributed by atoms with Gasteiger partial charge in [0.05, 0.1) is 6.10 Å². The van der Waals surface area contributed by atoms with Gasteiger partial charge in [-0.2, -0.15) is 0 Å². The minimum atomic E-state index is -0.325. The van der Waals surface area contributed by atoms with E-state index >= 15 is 0 Å². The van der Waals surface area contributed by atoms with E-state index in [1.807, 2.05) is 31.3 Å². The maximum Gasteiger partial charge on any atom is 0.251 e. The number of halogens is 1. The number of benzene rings is 1. The zero-order valence-corrected chi connectivity index (χ0v) is 12.6. The van der Waals surface area contributed by atoms with Gasteiger partial charge in [-0.15, -0.1) is 0 Å². The number of carbonyl (C=O) groups excluding carboxylic acids is 1. The monoisotopic (exact) mass is 326 g/mol. The third kappa shape index (κ3) is 3.78. The second-order valence-electron chi connectivity index (χ2n) is 4.88. The van der Waals surface area contributed by atoms with E-state index < -0.39 is 0 Å². The molecule has 1 aliphatic heterocycles. The highest BCUT2D eigenvalue weighted by atomic mass is 79.9. The molecule has 0 aromatic heterocycles. The van der Waals surface area contributed by atoms with E-state index in [1.165, 1.54) is 0 Å². The Morgan fingerprint density at radius 1 is 1.42 bits per heavy atom. The Balaban J connectivity index is 1.91. The molecule has 1 saturated heterocycles. The van der Waals surface area contributed by atoms with Gasteiger partial charge in [-0.3, -0.25) is 4.79 Å². The van der Waals surface area contributed by atoms with Crippen LogP contribution in [0.3, 0.4) is 0 Å². The van der Waals surface area contributed by atoms with Gasteiger partial charge in [-0.25, -0.2) is 0 Å². The van der Waals surface area contributed by atoms with Crippen molar-refractivity contribution in [3.63, 3.8) is 0 Å². The minimum absolute atomic E-state index is 0.0371. The van der Waals surface area contributed by atoms with Crippen molar-refractivity contribution in [3.05, 3.63) is 34.3 Å². The van der Waals surface area contributed by atoms with Crippen molar-refractivity contribution in [2.45, 2.75) is 31.6 Å². The van der Waals surface area contributed by atoms with Crippen molar-refractivity contribution < 1.29 is 9.53 Å². The summed E-state index contributed by atoms with van der Waals surface area (Å²) in [6, 6.07) is 7.96. The fourth-order valence-corrected chi connectivity index (χ4v) is 2.51. The van der Waals surface area contributed by atoms with Crippen LogP contribution in [0.15, 0.2) is 28.7 Å². The van der Waals surface area contributed by atoms with Crippen LogP contribution in [0.4, 0.5) is 0 Å². The first-order valence-electron chi connectivity index (χ1n) is 6.45. The molecule has 5 heteroatoms. The number of hydrogen-bond donors (Lipinski definition) is 1. The van der Waals surface area contributed by atoms with Gasteiger partial charge in [-0.05, 0) is 30.5 Å². The summed E-state index contributed by atoms with van der Waals surface area (Å²) < 4.78 is 6.66. The number of carbonyl (C=O) groups is 1. The first kappa shape index (κ1) is 14.5. The van der Waals surface area contributed by atoms with Crippen LogP contribution in [0.5, 0.6) is 0 Å². The first-order valence-corrected chi connectivity index (χ1v) is 7.24. The first-order chi connectivity index (χ1) is 9.10. The van der Waals surface area contributed by atoms with Gasteiger partial charge >= 0.3 is 0 Å². The summed E-state index contributed by atoms with van der Waals surface area (Å²) >= 11 is 3.40. The van der Waals surface area contributed by atoms with E-state index in [2.05, 4.69) is 15.9 Å². The fourth-order valence-electron chi connectivity index (χ4n) is 2.25. The molecule has 1 fully saturated rings. The van der Waals surface area contributed by atoms with E-state index in [0.29, 0.717) is 13.1 Å². The molecule has 0 bridgehead atoms. The van der Waals surface area contributed by atoms with Gasteiger partial charge in [0, 0.05) is 24.6 Å². The average molecular weight is 327 g/mol. The largest absolute Gasteiger partial charge is 0.364 e. The minimum Gasteiger partial charge on any atom is -0.364 e. The SMILES string of the molecule is CN(Cc1ccc(Br)cc1)C(=O)[C@@H]1CC[C@H](CN)O1. The van der Waals surface area contributed by atoms with Crippen LogP contribution in [-0.2, 0) is 16.1 Å². The maximum atomic E-state index is 12.2. The molecule has 1 aromatic rings. The van der Waals surface area contributed by atoms with Crippen LogP contribution in [0, 0.1) is 0 Å². The van der Waals surface area contributed by atoms with Gasteiger partial charge in [-0.1, -0.05) is 28.1 Å². The van der Waals surface area contributed by atoms with E-state index in [-0.39, 0.29) is 18.1 Å². The molecule has 2 atom stereocenters. The molecular weight excluding hydrogens is 308 g/mol. The number of hydrogen-bond acceptors (Lipinski definition) is 3. The summed E-state index contributed by atoms with van der Waals surface area (Å²) in [5, 5.41) is 0. The van der Waals surface area contributed by atoms with Crippen LogP contribution in [0.2, 0.25) is 0 Å². The molecular formula is C14H19BrN2O2. The zero-order chi connectivity index (χ0) is 13.8. The molecule has 1 aromatic carbocycles. The Morgan fingerprint density at radius 2 is 2.11 bits per heavy atom. The maximum absolute atomic E-state index is 12.2. The molecule has 2 rings (SSSR count). The molecule has 0 spiro atoms. The van der Waals surface area contributed by atoms with Crippen LogP contribution in [0.1, 0.15) is 18.4 Å². The molecule has 2 N–H and O–H groups in total. The molecule has 1 aliphatic rings. The molecule has 4 nitrogen and oxygen atoms in total. The third-order valence-corrected chi connectivity index (χ3v) is 3.88. The molecule has 0 aliphatic carbocycles. The van der Waals surface area contributed by atoms with E-state index in [1.54, 1.807) is 4.90 Å². The number of nitrogens with two attached hydrogens (primary N) is 1.